The largest absolute Gasteiger partial charge is 0.459 e. The summed E-state index contributed by atoms with van der Waals surface area (Å²) in [7, 11) is 0. The summed E-state index contributed by atoms with van der Waals surface area (Å²) >= 11 is 1.71. The summed E-state index contributed by atoms with van der Waals surface area (Å²) in [6, 6.07) is 4.58. The third kappa shape index (κ3) is 4.26. The Morgan fingerprint density at radius 2 is 1.88 bits per heavy atom. The highest BCUT2D eigenvalue weighted by molar-refractivity contribution is 7.12. The fourth-order valence-electron chi connectivity index (χ4n) is 2.62. The van der Waals surface area contributed by atoms with Crippen LogP contribution in [0.2, 0.25) is 0 Å². The van der Waals surface area contributed by atoms with E-state index in [0.29, 0.717) is 0 Å². The number of hydrogen-bond donors (Lipinski definition) is 2. The van der Waals surface area contributed by atoms with Crippen LogP contribution < -0.4 is 10.6 Å². The molecule has 2 aromatic heterocycles. The second-order valence-electron chi connectivity index (χ2n) is 6.27. The first-order valence-corrected chi connectivity index (χ1v) is 8.83. The van der Waals surface area contributed by atoms with Crippen molar-refractivity contribution in [3.63, 3.8) is 0 Å². The van der Waals surface area contributed by atoms with Crippen molar-refractivity contribution in [2.75, 3.05) is 0 Å². The van der Waals surface area contributed by atoms with Gasteiger partial charge in [0.25, 0.3) is 5.91 Å². The number of hydrogen-bond acceptors (Lipinski definition) is 4. The highest BCUT2D eigenvalue weighted by Gasteiger charge is 2.27. The second kappa shape index (κ2) is 7.66. The molecule has 0 aromatic carbocycles. The fraction of sp³-hybridized carbons (Fsp3) is 0.444. The van der Waals surface area contributed by atoms with Crippen molar-refractivity contribution in [3.05, 3.63) is 45.5 Å². The summed E-state index contributed by atoms with van der Waals surface area (Å²) in [5, 5.41) is 5.76. The molecule has 2 N–H and O–H groups in total. The van der Waals surface area contributed by atoms with Crippen LogP contribution in [0.1, 0.15) is 52.7 Å². The van der Waals surface area contributed by atoms with Gasteiger partial charge in [-0.2, -0.15) is 0 Å². The van der Waals surface area contributed by atoms with E-state index >= 15 is 0 Å². The number of aryl methyl sites for hydroxylation is 2. The molecule has 0 aliphatic heterocycles. The van der Waals surface area contributed by atoms with Gasteiger partial charge in [-0.15, -0.1) is 11.3 Å². The van der Waals surface area contributed by atoms with Gasteiger partial charge in [-0.1, -0.05) is 13.8 Å². The zero-order valence-corrected chi connectivity index (χ0v) is 15.5. The maximum absolute atomic E-state index is 12.6. The zero-order chi connectivity index (χ0) is 17.9. The van der Waals surface area contributed by atoms with Crippen molar-refractivity contribution in [2.24, 2.45) is 5.92 Å². The SMILES string of the molecule is Cc1cc(C(C)NC(=O)C(NC(=O)c2ccco2)C(C)C)c(C)s1. The Morgan fingerprint density at radius 3 is 2.38 bits per heavy atom. The minimum Gasteiger partial charge on any atom is -0.459 e. The molecule has 130 valence electrons. The van der Waals surface area contributed by atoms with Crippen LogP contribution in [-0.2, 0) is 4.79 Å². The van der Waals surface area contributed by atoms with Crippen LogP contribution in [0.5, 0.6) is 0 Å². The number of amides is 2. The van der Waals surface area contributed by atoms with Gasteiger partial charge in [0.05, 0.1) is 12.3 Å². The van der Waals surface area contributed by atoms with E-state index in [4.69, 9.17) is 4.42 Å². The monoisotopic (exact) mass is 348 g/mol. The van der Waals surface area contributed by atoms with Crippen LogP contribution in [0.4, 0.5) is 0 Å². The van der Waals surface area contributed by atoms with Gasteiger partial charge in [-0.05, 0) is 50.5 Å². The Labute approximate surface area is 146 Å². The predicted molar refractivity (Wildman–Crippen MR) is 95.2 cm³/mol. The van der Waals surface area contributed by atoms with Gasteiger partial charge in [0.15, 0.2) is 5.76 Å². The predicted octanol–water partition coefficient (Wildman–Crippen LogP) is 3.59. The molecule has 0 aliphatic rings. The third-order valence-electron chi connectivity index (χ3n) is 3.89. The number of carbonyl (C=O) groups excluding carboxylic acids is 2. The second-order valence-corrected chi connectivity index (χ2v) is 7.73. The molecule has 24 heavy (non-hydrogen) atoms. The van der Waals surface area contributed by atoms with Crippen molar-refractivity contribution < 1.29 is 14.0 Å². The van der Waals surface area contributed by atoms with E-state index in [2.05, 4.69) is 23.6 Å². The summed E-state index contributed by atoms with van der Waals surface area (Å²) in [6.45, 7) is 9.86. The molecule has 2 aromatic rings. The number of nitrogens with one attached hydrogen (secondary N) is 2. The summed E-state index contributed by atoms with van der Waals surface area (Å²) in [5.41, 5.74) is 1.12. The quantitative estimate of drug-likeness (QED) is 0.838. The normalized spacial score (nSPS) is 13.6. The minimum absolute atomic E-state index is 0.0404. The highest BCUT2D eigenvalue weighted by Crippen LogP contribution is 2.26. The lowest BCUT2D eigenvalue weighted by Crippen LogP contribution is -2.50. The van der Waals surface area contributed by atoms with Crippen molar-refractivity contribution in [1.82, 2.24) is 10.6 Å². The molecule has 0 radical (unpaired) electrons. The van der Waals surface area contributed by atoms with Crippen molar-refractivity contribution >= 4 is 23.2 Å². The summed E-state index contributed by atoms with van der Waals surface area (Å²) in [4.78, 5) is 27.2. The Hall–Kier alpha value is -2.08. The Balaban J connectivity index is 2.06. The molecular weight excluding hydrogens is 324 g/mol. The topological polar surface area (TPSA) is 71.3 Å². The van der Waals surface area contributed by atoms with Gasteiger partial charge < -0.3 is 15.1 Å². The minimum atomic E-state index is -0.620. The summed E-state index contributed by atoms with van der Waals surface area (Å²) in [5.74, 6) is -0.419. The van der Waals surface area contributed by atoms with E-state index in [0.717, 1.165) is 5.56 Å². The molecule has 2 atom stereocenters. The molecule has 0 bridgehead atoms. The molecule has 2 rings (SSSR count). The van der Waals surface area contributed by atoms with Crippen molar-refractivity contribution in [2.45, 2.75) is 46.7 Å². The third-order valence-corrected chi connectivity index (χ3v) is 4.87. The Bertz CT molecular complexity index is 704. The van der Waals surface area contributed by atoms with Gasteiger partial charge in [0.2, 0.25) is 5.91 Å². The van der Waals surface area contributed by atoms with Gasteiger partial charge in [-0.25, -0.2) is 0 Å². The first-order chi connectivity index (χ1) is 11.3. The highest BCUT2D eigenvalue weighted by atomic mass is 32.1. The molecule has 0 aliphatic carbocycles. The van der Waals surface area contributed by atoms with Crippen LogP contribution >= 0.6 is 11.3 Å². The Morgan fingerprint density at radius 1 is 1.17 bits per heavy atom. The maximum Gasteiger partial charge on any atom is 0.287 e. The van der Waals surface area contributed by atoms with E-state index in [-0.39, 0.29) is 29.5 Å². The number of furan rings is 1. The smallest absolute Gasteiger partial charge is 0.287 e. The van der Waals surface area contributed by atoms with E-state index in [1.165, 1.54) is 16.0 Å². The van der Waals surface area contributed by atoms with Crippen LogP contribution in [0.3, 0.4) is 0 Å². The first kappa shape index (κ1) is 18.3. The van der Waals surface area contributed by atoms with Gasteiger partial charge in [-0.3, -0.25) is 9.59 Å². The maximum atomic E-state index is 12.6. The molecule has 0 saturated carbocycles. The first-order valence-electron chi connectivity index (χ1n) is 8.01. The number of thiophene rings is 1. The number of carbonyl (C=O) groups is 2. The van der Waals surface area contributed by atoms with Crippen LogP contribution in [-0.4, -0.2) is 17.9 Å². The average molecular weight is 348 g/mol. The Kier molecular flexibility index (Phi) is 5.83. The van der Waals surface area contributed by atoms with E-state index in [1.54, 1.807) is 23.5 Å². The number of rotatable bonds is 6. The van der Waals surface area contributed by atoms with Crippen molar-refractivity contribution in [1.29, 1.82) is 0 Å². The molecule has 0 fully saturated rings. The summed E-state index contributed by atoms with van der Waals surface area (Å²) < 4.78 is 5.08. The molecular formula is C18H24N2O3S. The van der Waals surface area contributed by atoms with E-state index < -0.39 is 6.04 Å². The van der Waals surface area contributed by atoms with Gasteiger partial charge >= 0.3 is 0 Å². The lowest BCUT2D eigenvalue weighted by atomic mass is 10.0. The van der Waals surface area contributed by atoms with Crippen LogP contribution in [0, 0.1) is 19.8 Å². The standard InChI is InChI=1S/C18H24N2O3S/c1-10(2)16(20-17(21)15-7-6-8-23-15)18(22)19-12(4)14-9-11(3)24-13(14)5/h6-10,12,16H,1-5H3,(H,19,22)(H,20,21). The molecule has 5 nitrogen and oxygen atoms in total. The fourth-order valence-corrected chi connectivity index (χ4v) is 3.64. The molecule has 0 spiro atoms. The zero-order valence-electron chi connectivity index (χ0n) is 14.7. The molecule has 2 unspecified atom stereocenters. The molecule has 2 amide bonds. The molecule has 2 heterocycles. The summed E-state index contributed by atoms with van der Waals surface area (Å²) in [6.07, 6.45) is 1.43. The van der Waals surface area contributed by atoms with Crippen LogP contribution in [0.15, 0.2) is 28.9 Å². The average Bonchev–Trinajstić information content (AvgIpc) is 3.13. The van der Waals surface area contributed by atoms with Crippen molar-refractivity contribution in [3.8, 4) is 0 Å². The lowest BCUT2D eigenvalue weighted by Gasteiger charge is -2.23. The van der Waals surface area contributed by atoms with Crippen LogP contribution in [0.25, 0.3) is 0 Å². The molecule has 0 saturated heterocycles. The lowest BCUT2D eigenvalue weighted by molar-refractivity contribution is -0.124. The van der Waals surface area contributed by atoms with Gasteiger partial charge in [0, 0.05) is 9.75 Å². The van der Waals surface area contributed by atoms with Gasteiger partial charge in [0.1, 0.15) is 6.04 Å². The van der Waals surface area contributed by atoms with E-state index in [9.17, 15) is 9.59 Å². The van der Waals surface area contributed by atoms with E-state index in [1.807, 2.05) is 27.7 Å². The molecule has 6 heteroatoms.